The van der Waals surface area contributed by atoms with Gasteiger partial charge in [0, 0.05) is 48.3 Å². The lowest BCUT2D eigenvalue weighted by Gasteiger charge is -2.28. The summed E-state index contributed by atoms with van der Waals surface area (Å²) in [4.78, 5) is 17.7. The van der Waals surface area contributed by atoms with E-state index in [1.165, 1.54) is 18.5 Å². The van der Waals surface area contributed by atoms with E-state index in [9.17, 15) is 27.1 Å². The highest BCUT2D eigenvalue weighted by atomic mass is 32.2. The molecule has 2 N–H and O–H groups in total. The number of nitrogens with one attached hydrogen (secondary N) is 1. The maximum Gasteiger partial charge on any atom is 0.255 e. The van der Waals surface area contributed by atoms with Gasteiger partial charge in [-0.05, 0) is 51.0 Å². The molecule has 0 aliphatic rings. The van der Waals surface area contributed by atoms with E-state index in [1.807, 2.05) is 31.2 Å². The average molecular weight is 704 g/mol. The Kier molecular flexibility index (Phi) is 8.91. The Balaban J connectivity index is 1.66. The molecule has 1 amide bonds. The number of carbonyl (C=O) groups excluding carboxylic acids is 1. The first-order valence-corrected chi connectivity index (χ1v) is 17.5. The van der Waals surface area contributed by atoms with Gasteiger partial charge < -0.3 is 24.0 Å². The number of aromatic nitrogens is 1. The molecule has 13 heteroatoms. The normalized spacial score (nSPS) is 12.1. The van der Waals surface area contributed by atoms with Crippen LogP contribution in [0.15, 0.2) is 75.6 Å². The van der Waals surface area contributed by atoms with Crippen LogP contribution in [0.2, 0.25) is 0 Å². The Hall–Kier alpha value is -5.27. The number of amides is 1. The van der Waals surface area contributed by atoms with Crippen molar-refractivity contribution in [1.29, 1.82) is 0 Å². The van der Waals surface area contributed by atoms with Crippen LogP contribution in [0.3, 0.4) is 0 Å². The number of fused-ring (bicyclic) bond motifs is 2. The molecule has 0 atom stereocenters. The molecule has 6 rings (SSSR count). The van der Waals surface area contributed by atoms with Crippen LogP contribution in [-0.2, 0) is 10.0 Å². The SMILES string of the molecule is CNC(=O)c1c(-c2ccc(C)cc2)oc2cc(N(CCC(C)(C)O)S(C)(=O)=O)c(-c3ccc(OC)c(-c4nc5c(F)cc(F)cc5o4)c3)cc12. The van der Waals surface area contributed by atoms with Gasteiger partial charge in [-0.2, -0.15) is 0 Å². The first-order chi connectivity index (χ1) is 23.6. The summed E-state index contributed by atoms with van der Waals surface area (Å²) in [7, 11) is -1.03. The van der Waals surface area contributed by atoms with E-state index in [0.29, 0.717) is 39.7 Å². The fraction of sp³-hybridized carbons (Fsp3) is 0.243. The second-order valence-electron chi connectivity index (χ2n) is 12.7. The number of halogens is 2. The number of aliphatic hydroxyl groups is 1. The number of rotatable bonds is 10. The molecule has 50 heavy (non-hydrogen) atoms. The number of sulfonamides is 1. The third-order valence-electron chi connectivity index (χ3n) is 8.32. The van der Waals surface area contributed by atoms with Crippen LogP contribution in [0.25, 0.3) is 56.0 Å². The molecule has 6 aromatic rings. The minimum absolute atomic E-state index is 0.0659. The second kappa shape index (κ2) is 12.9. The van der Waals surface area contributed by atoms with Gasteiger partial charge in [0.2, 0.25) is 15.9 Å². The molecular formula is C37H35F2N3O7S. The number of oxazole rings is 1. The average Bonchev–Trinajstić information content (AvgIpc) is 3.65. The molecule has 260 valence electrons. The fourth-order valence-electron chi connectivity index (χ4n) is 5.78. The lowest BCUT2D eigenvalue weighted by molar-refractivity contribution is 0.0740. The maximum absolute atomic E-state index is 14.6. The van der Waals surface area contributed by atoms with E-state index in [1.54, 1.807) is 44.2 Å². The summed E-state index contributed by atoms with van der Waals surface area (Å²) in [5.74, 6) is -1.64. The van der Waals surface area contributed by atoms with Crippen molar-refractivity contribution in [3.05, 3.63) is 89.5 Å². The summed E-state index contributed by atoms with van der Waals surface area (Å²) in [6.45, 7) is 5.01. The molecule has 0 aliphatic carbocycles. The second-order valence-corrected chi connectivity index (χ2v) is 14.6. The maximum atomic E-state index is 14.6. The van der Waals surface area contributed by atoms with Gasteiger partial charge in [-0.1, -0.05) is 35.9 Å². The van der Waals surface area contributed by atoms with Crippen LogP contribution in [0.4, 0.5) is 14.5 Å². The summed E-state index contributed by atoms with van der Waals surface area (Å²) in [6.07, 6.45) is 1.15. The van der Waals surface area contributed by atoms with Crippen molar-refractivity contribution >= 4 is 43.7 Å². The Labute approximate surface area is 287 Å². The molecule has 2 heterocycles. The van der Waals surface area contributed by atoms with Crippen LogP contribution in [0.5, 0.6) is 5.75 Å². The molecule has 0 aliphatic heterocycles. The molecule has 10 nitrogen and oxygen atoms in total. The fourth-order valence-corrected chi connectivity index (χ4v) is 6.71. The number of aryl methyl sites for hydroxylation is 1. The zero-order valence-electron chi connectivity index (χ0n) is 28.2. The zero-order valence-corrected chi connectivity index (χ0v) is 29.0. The van der Waals surface area contributed by atoms with Crippen LogP contribution in [-0.4, -0.2) is 57.0 Å². The predicted octanol–water partition coefficient (Wildman–Crippen LogP) is 7.46. The smallest absolute Gasteiger partial charge is 0.255 e. The van der Waals surface area contributed by atoms with Gasteiger partial charge in [0.05, 0.1) is 35.8 Å². The highest BCUT2D eigenvalue weighted by molar-refractivity contribution is 7.92. The summed E-state index contributed by atoms with van der Waals surface area (Å²) in [6, 6.07) is 17.3. The highest BCUT2D eigenvalue weighted by Crippen LogP contribution is 2.44. The molecule has 0 radical (unpaired) electrons. The van der Waals surface area contributed by atoms with Gasteiger partial charge >= 0.3 is 0 Å². The third-order valence-corrected chi connectivity index (χ3v) is 9.50. The minimum Gasteiger partial charge on any atom is -0.496 e. The van der Waals surface area contributed by atoms with Crippen molar-refractivity contribution in [2.75, 3.05) is 31.3 Å². The van der Waals surface area contributed by atoms with Crippen molar-refractivity contribution in [2.24, 2.45) is 0 Å². The molecular weight excluding hydrogens is 668 g/mol. The Bertz CT molecular complexity index is 2380. The molecule has 0 spiro atoms. The zero-order chi connectivity index (χ0) is 36.1. The Morgan fingerprint density at radius 1 is 0.980 bits per heavy atom. The summed E-state index contributed by atoms with van der Waals surface area (Å²) in [5, 5.41) is 13.6. The lowest BCUT2D eigenvalue weighted by Crippen LogP contribution is -2.35. The number of hydrogen-bond donors (Lipinski definition) is 2. The third kappa shape index (κ3) is 6.66. The van der Waals surface area contributed by atoms with E-state index in [4.69, 9.17) is 13.6 Å². The van der Waals surface area contributed by atoms with Gasteiger partial charge in [-0.15, -0.1) is 0 Å². The topological polar surface area (TPSA) is 135 Å². The number of nitrogens with zero attached hydrogens (tertiary/aromatic N) is 2. The Morgan fingerprint density at radius 2 is 1.68 bits per heavy atom. The predicted molar refractivity (Wildman–Crippen MR) is 188 cm³/mol. The van der Waals surface area contributed by atoms with E-state index in [2.05, 4.69) is 10.3 Å². The number of carbonyl (C=O) groups is 1. The molecule has 4 aromatic carbocycles. The van der Waals surface area contributed by atoms with Crippen molar-refractivity contribution in [3.63, 3.8) is 0 Å². The summed E-state index contributed by atoms with van der Waals surface area (Å²) in [5.41, 5.74) is 1.95. The number of ether oxygens (including phenoxy) is 1. The quantitative estimate of drug-likeness (QED) is 0.150. The Morgan fingerprint density at radius 3 is 2.32 bits per heavy atom. The van der Waals surface area contributed by atoms with Gasteiger partial charge in [0.25, 0.3) is 5.91 Å². The van der Waals surface area contributed by atoms with Crippen molar-refractivity contribution in [3.8, 4) is 39.7 Å². The largest absolute Gasteiger partial charge is 0.496 e. The van der Waals surface area contributed by atoms with Crippen LogP contribution in [0.1, 0.15) is 36.2 Å². The summed E-state index contributed by atoms with van der Waals surface area (Å²) < 4.78 is 74.4. The number of furan rings is 1. The van der Waals surface area contributed by atoms with Crippen LogP contribution in [0, 0.1) is 18.6 Å². The van der Waals surface area contributed by atoms with Crippen molar-refractivity contribution < 1.29 is 40.7 Å². The van der Waals surface area contributed by atoms with Crippen LogP contribution < -0.4 is 14.4 Å². The van der Waals surface area contributed by atoms with Crippen LogP contribution >= 0.6 is 0 Å². The molecule has 0 saturated heterocycles. The molecule has 0 fully saturated rings. The first kappa shape index (κ1) is 34.6. The van der Waals surface area contributed by atoms with Gasteiger partial charge in [-0.3, -0.25) is 9.10 Å². The number of anilines is 1. The monoisotopic (exact) mass is 703 g/mol. The van der Waals surface area contributed by atoms with Gasteiger partial charge in [0.1, 0.15) is 28.4 Å². The highest BCUT2D eigenvalue weighted by Gasteiger charge is 2.29. The number of benzene rings is 4. The molecule has 2 aromatic heterocycles. The lowest BCUT2D eigenvalue weighted by atomic mass is 9.96. The summed E-state index contributed by atoms with van der Waals surface area (Å²) >= 11 is 0. The minimum atomic E-state index is -3.95. The van der Waals surface area contributed by atoms with E-state index >= 15 is 0 Å². The molecule has 0 bridgehead atoms. The van der Waals surface area contributed by atoms with Gasteiger partial charge in [0.15, 0.2) is 11.4 Å². The van der Waals surface area contributed by atoms with E-state index in [0.717, 1.165) is 17.9 Å². The van der Waals surface area contributed by atoms with Crippen molar-refractivity contribution in [1.82, 2.24) is 10.3 Å². The van der Waals surface area contributed by atoms with Gasteiger partial charge in [-0.25, -0.2) is 22.2 Å². The molecule has 0 saturated carbocycles. The molecule has 0 unspecified atom stereocenters. The van der Waals surface area contributed by atoms with Crippen molar-refractivity contribution in [2.45, 2.75) is 32.8 Å². The standard InChI is InChI=1S/C37H35F2N3O7S/c1-20-7-9-21(10-8-20)34-32(35(43)40-4)25-18-24(28(19-30(25)48-34)42(50(6,45)46)14-13-37(2,3)44)22-11-12-29(47-5)26(15-22)36-41-33-27(39)16-23(38)17-31(33)49-36/h7-12,15-19,44H,13-14H2,1-6H3,(H,40,43). The van der Waals surface area contributed by atoms with E-state index in [-0.39, 0.29) is 52.4 Å². The first-order valence-electron chi connectivity index (χ1n) is 15.6. The number of hydrogen-bond acceptors (Lipinski definition) is 8. The van der Waals surface area contributed by atoms with E-state index < -0.39 is 33.2 Å². The number of methoxy groups -OCH3 is 1.